The molecule has 180 valence electrons. The Labute approximate surface area is 206 Å². The third-order valence-electron chi connectivity index (χ3n) is 6.46. The molecule has 0 spiro atoms. The van der Waals surface area contributed by atoms with Gasteiger partial charge in [0, 0.05) is 6.54 Å². The molecule has 0 radical (unpaired) electrons. The lowest BCUT2D eigenvalue weighted by atomic mass is 10.0. The minimum atomic E-state index is -0.435. The first-order chi connectivity index (χ1) is 17.0. The van der Waals surface area contributed by atoms with E-state index >= 15 is 0 Å². The fourth-order valence-electron chi connectivity index (χ4n) is 4.28. The number of benzene rings is 3. The fourth-order valence-corrected chi connectivity index (χ4v) is 4.28. The van der Waals surface area contributed by atoms with Crippen molar-refractivity contribution >= 4 is 23.4 Å². The number of hydrogen-bond donors (Lipinski definition) is 0. The molecule has 0 saturated carbocycles. The van der Waals surface area contributed by atoms with Crippen molar-refractivity contribution in [3.05, 3.63) is 95.6 Å². The van der Waals surface area contributed by atoms with Crippen LogP contribution < -0.4 is 9.64 Å². The van der Waals surface area contributed by atoms with Crippen LogP contribution in [0.15, 0.2) is 78.9 Å². The first kappa shape index (κ1) is 24.2. The summed E-state index contributed by atoms with van der Waals surface area (Å²) in [6.45, 7) is 4.71. The summed E-state index contributed by atoms with van der Waals surface area (Å²) in [6.07, 6.45) is 1.81. The summed E-state index contributed by atoms with van der Waals surface area (Å²) in [5.74, 6) is -0.339. The largest absolute Gasteiger partial charge is 0.487 e. The number of nitrogens with zero attached hydrogens (tertiary/aromatic N) is 2. The van der Waals surface area contributed by atoms with Crippen LogP contribution in [0.1, 0.15) is 53.0 Å². The summed E-state index contributed by atoms with van der Waals surface area (Å²) < 4.78 is 6.12. The third-order valence-corrected chi connectivity index (χ3v) is 6.46. The number of ether oxygens (including phenoxy) is 1. The van der Waals surface area contributed by atoms with Crippen molar-refractivity contribution in [2.45, 2.75) is 33.3 Å². The molecule has 1 aliphatic rings. The molecule has 0 aliphatic carbocycles. The molecule has 6 heteroatoms. The number of imide groups is 1. The normalized spacial score (nSPS) is 12.7. The lowest BCUT2D eigenvalue weighted by Crippen LogP contribution is -2.44. The molecule has 1 aliphatic heterocycles. The topological polar surface area (TPSA) is 66.9 Å². The maximum Gasteiger partial charge on any atom is 0.262 e. The highest BCUT2D eigenvalue weighted by Crippen LogP contribution is 2.31. The van der Waals surface area contributed by atoms with Gasteiger partial charge in [-0.05, 0) is 35.7 Å². The van der Waals surface area contributed by atoms with Gasteiger partial charge in [0.25, 0.3) is 11.8 Å². The van der Waals surface area contributed by atoms with Crippen LogP contribution in [0.5, 0.6) is 5.75 Å². The lowest BCUT2D eigenvalue weighted by molar-refractivity contribution is -0.119. The molecular formula is C29H30N2O4. The van der Waals surface area contributed by atoms with Gasteiger partial charge in [0.05, 0.1) is 16.8 Å². The van der Waals surface area contributed by atoms with Crippen molar-refractivity contribution in [3.8, 4) is 5.75 Å². The Kier molecular flexibility index (Phi) is 7.60. The van der Waals surface area contributed by atoms with E-state index in [0.717, 1.165) is 23.3 Å². The van der Waals surface area contributed by atoms with E-state index in [2.05, 4.69) is 13.8 Å². The van der Waals surface area contributed by atoms with Gasteiger partial charge in [0.2, 0.25) is 5.91 Å². The van der Waals surface area contributed by atoms with Crippen molar-refractivity contribution in [2.24, 2.45) is 5.92 Å². The second-order valence-corrected chi connectivity index (χ2v) is 8.67. The predicted octanol–water partition coefficient (Wildman–Crippen LogP) is 5.33. The number of carbonyl (C=O) groups is 3. The molecule has 0 saturated heterocycles. The van der Waals surface area contributed by atoms with E-state index in [9.17, 15) is 14.4 Å². The van der Waals surface area contributed by atoms with E-state index in [1.807, 2.05) is 54.6 Å². The van der Waals surface area contributed by atoms with Crippen LogP contribution in [-0.2, 0) is 11.4 Å². The van der Waals surface area contributed by atoms with Gasteiger partial charge in [-0.3, -0.25) is 19.3 Å². The molecule has 0 unspecified atom stereocenters. The Hall–Kier alpha value is -3.93. The summed E-state index contributed by atoms with van der Waals surface area (Å²) in [5.41, 5.74) is 2.33. The maximum absolute atomic E-state index is 13.7. The Morgan fingerprint density at radius 3 is 2.03 bits per heavy atom. The van der Waals surface area contributed by atoms with Crippen molar-refractivity contribution in [2.75, 3.05) is 18.0 Å². The maximum atomic E-state index is 13.7. The number of rotatable bonds is 10. The van der Waals surface area contributed by atoms with Gasteiger partial charge in [-0.25, -0.2) is 0 Å². The van der Waals surface area contributed by atoms with Crippen molar-refractivity contribution in [1.82, 2.24) is 4.90 Å². The quantitative estimate of drug-likeness (QED) is 0.376. The van der Waals surface area contributed by atoms with Crippen LogP contribution in [0.3, 0.4) is 0 Å². The number of para-hydroxylation sites is 2. The Bertz CT molecular complexity index is 1170. The lowest BCUT2D eigenvalue weighted by Gasteiger charge is -2.29. The number of amides is 3. The monoisotopic (exact) mass is 470 g/mol. The van der Waals surface area contributed by atoms with Crippen LogP contribution in [-0.4, -0.2) is 35.7 Å². The molecule has 6 nitrogen and oxygen atoms in total. The van der Waals surface area contributed by atoms with Crippen LogP contribution >= 0.6 is 0 Å². The average molecular weight is 471 g/mol. The zero-order valence-corrected chi connectivity index (χ0v) is 20.1. The summed E-state index contributed by atoms with van der Waals surface area (Å²) in [5, 5.41) is 0. The highest BCUT2D eigenvalue weighted by Gasteiger charge is 2.37. The van der Waals surface area contributed by atoms with Crippen LogP contribution in [0.25, 0.3) is 0 Å². The van der Waals surface area contributed by atoms with Gasteiger partial charge in [0.1, 0.15) is 18.9 Å². The van der Waals surface area contributed by atoms with Gasteiger partial charge >= 0.3 is 0 Å². The van der Waals surface area contributed by atoms with Gasteiger partial charge in [-0.1, -0.05) is 81.3 Å². The number of anilines is 1. The van der Waals surface area contributed by atoms with E-state index in [1.165, 1.54) is 0 Å². The van der Waals surface area contributed by atoms with Gasteiger partial charge in [0.15, 0.2) is 0 Å². The van der Waals surface area contributed by atoms with Crippen LogP contribution in [0.2, 0.25) is 0 Å². The van der Waals surface area contributed by atoms with Crippen molar-refractivity contribution in [3.63, 3.8) is 0 Å². The van der Waals surface area contributed by atoms with Crippen LogP contribution in [0, 0.1) is 5.92 Å². The van der Waals surface area contributed by atoms with Crippen molar-refractivity contribution < 1.29 is 19.1 Å². The third kappa shape index (κ3) is 5.27. The summed E-state index contributed by atoms with van der Waals surface area (Å²) >= 11 is 0. The van der Waals surface area contributed by atoms with E-state index in [1.54, 1.807) is 29.2 Å². The summed E-state index contributed by atoms with van der Waals surface area (Å²) in [7, 11) is 0. The number of carbonyl (C=O) groups excluding carboxylic acids is 3. The molecule has 0 atom stereocenters. The summed E-state index contributed by atoms with van der Waals surface area (Å²) in [6, 6.07) is 23.9. The highest BCUT2D eigenvalue weighted by molar-refractivity contribution is 6.22. The average Bonchev–Trinajstić information content (AvgIpc) is 3.14. The minimum Gasteiger partial charge on any atom is -0.487 e. The molecule has 0 aromatic heterocycles. The fraction of sp³-hybridized carbons (Fsp3) is 0.276. The Balaban J connectivity index is 1.60. The molecule has 0 fully saturated rings. The number of fused-ring (bicyclic) bond motifs is 1. The molecule has 0 N–H and O–H groups in total. The van der Waals surface area contributed by atoms with E-state index in [4.69, 9.17) is 4.74 Å². The zero-order valence-electron chi connectivity index (χ0n) is 20.1. The van der Waals surface area contributed by atoms with Crippen LogP contribution in [0.4, 0.5) is 5.69 Å². The first-order valence-electron chi connectivity index (χ1n) is 12.0. The SMILES string of the molecule is CCC(CC)CN(C(=O)CN1C(=O)c2ccccc2C1=O)c1ccccc1OCc1ccccc1. The minimum absolute atomic E-state index is 0.267. The Morgan fingerprint density at radius 1 is 0.829 bits per heavy atom. The highest BCUT2D eigenvalue weighted by atomic mass is 16.5. The zero-order chi connectivity index (χ0) is 24.8. The van der Waals surface area contributed by atoms with Gasteiger partial charge in [-0.2, -0.15) is 0 Å². The van der Waals surface area contributed by atoms with Gasteiger partial charge < -0.3 is 9.64 Å². The smallest absolute Gasteiger partial charge is 0.262 e. The molecule has 4 rings (SSSR count). The molecule has 1 heterocycles. The van der Waals surface area contributed by atoms with Crippen molar-refractivity contribution in [1.29, 1.82) is 0 Å². The molecule has 3 aromatic carbocycles. The second kappa shape index (κ2) is 11.0. The molecule has 0 bridgehead atoms. The van der Waals surface area contributed by atoms with E-state index in [-0.39, 0.29) is 18.4 Å². The molecule has 3 aromatic rings. The second-order valence-electron chi connectivity index (χ2n) is 8.67. The number of hydrogen-bond acceptors (Lipinski definition) is 4. The predicted molar refractivity (Wildman–Crippen MR) is 135 cm³/mol. The molecular weight excluding hydrogens is 440 g/mol. The first-order valence-corrected chi connectivity index (χ1v) is 12.0. The van der Waals surface area contributed by atoms with E-state index in [0.29, 0.717) is 35.7 Å². The molecule has 35 heavy (non-hydrogen) atoms. The van der Waals surface area contributed by atoms with Gasteiger partial charge in [-0.15, -0.1) is 0 Å². The Morgan fingerprint density at radius 2 is 1.40 bits per heavy atom. The molecule has 3 amide bonds. The standard InChI is InChI=1S/C29H30N2O4/c1-3-21(4-2)18-30(25-16-10-11-17-26(25)35-20-22-12-6-5-7-13-22)27(32)19-31-28(33)23-14-8-9-15-24(23)29(31)34/h5-17,21H,3-4,18-20H2,1-2H3. The van der Waals surface area contributed by atoms with E-state index < -0.39 is 11.8 Å². The summed E-state index contributed by atoms with van der Waals surface area (Å²) in [4.78, 5) is 42.1.